The number of esters is 1. The van der Waals surface area contributed by atoms with E-state index in [1.165, 1.54) is 13.4 Å². The van der Waals surface area contributed by atoms with Gasteiger partial charge in [0.1, 0.15) is 12.0 Å². The van der Waals surface area contributed by atoms with Gasteiger partial charge in [-0.25, -0.2) is 4.79 Å². The fraction of sp³-hybridized carbons (Fsp3) is 0.143. The first-order chi connectivity index (χ1) is 13.7. The van der Waals surface area contributed by atoms with Crippen LogP contribution in [0.2, 0.25) is 0 Å². The van der Waals surface area contributed by atoms with E-state index in [1.807, 2.05) is 47.1 Å². The third kappa shape index (κ3) is 2.68. The molecule has 7 heteroatoms. The Morgan fingerprint density at radius 2 is 1.93 bits per heavy atom. The number of rotatable bonds is 4. The second-order valence-corrected chi connectivity index (χ2v) is 6.41. The molecule has 5 rings (SSSR count). The van der Waals surface area contributed by atoms with Crippen LogP contribution in [0.5, 0.6) is 11.5 Å². The lowest BCUT2D eigenvalue weighted by Crippen LogP contribution is -2.01. The van der Waals surface area contributed by atoms with Crippen LogP contribution in [0, 0.1) is 0 Å². The van der Waals surface area contributed by atoms with Crippen molar-refractivity contribution in [1.82, 2.24) is 9.78 Å². The number of methoxy groups -OCH3 is 1. The van der Waals surface area contributed by atoms with Crippen molar-refractivity contribution in [2.24, 2.45) is 0 Å². The molecule has 1 aliphatic rings. The molecule has 0 spiro atoms. The van der Waals surface area contributed by atoms with Crippen LogP contribution in [0.15, 0.2) is 59.2 Å². The molecule has 140 valence electrons. The van der Waals surface area contributed by atoms with Gasteiger partial charge in [0.15, 0.2) is 11.5 Å². The van der Waals surface area contributed by atoms with Gasteiger partial charge in [-0.05, 0) is 11.6 Å². The van der Waals surface area contributed by atoms with E-state index >= 15 is 0 Å². The highest BCUT2D eigenvalue weighted by atomic mass is 16.7. The molecule has 0 bridgehead atoms. The Bertz CT molecular complexity index is 1180. The molecule has 1 aliphatic heterocycles. The summed E-state index contributed by atoms with van der Waals surface area (Å²) in [6.45, 7) is 0.792. The molecule has 0 N–H and O–H groups in total. The fourth-order valence-electron chi connectivity index (χ4n) is 3.32. The van der Waals surface area contributed by atoms with Crippen molar-refractivity contribution in [3.63, 3.8) is 0 Å². The van der Waals surface area contributed by atoms with E-state index in [0.29, 0.717) is 29.3 Å². The zero-order valence-electron chi connectivity index (χ0n) is 15.0. The number of carbonyl (C=O) groups excluding carboxylic acids is 1. The highest BCUT2D eigenvalue weighted by molar-refractivity contribution is 5.97. The maximum atomic E-state index is 11.7. The average molecular weight is 376 g/mol. The standard InChI is InChI=1S/C21H16N2O5/c1-25-21(24)19-7-14(11-26-19)20-15-8-17-18(28-12-27-17)9-16(15)23(22-20)10-13-5-3-2-4-6-13/h2-9,11H,10,12H2,1H3. The molecule has 0 saturated carbocycles. The van der Waals surface area contributed by atoms with E-state index in [-0.39, 0.29) is 12.6 Å². The van der Waals surface area contributed by atoms with Crippen molar-refractivity contribution in [3.8, 4) is 22.8 Å². The molecule has 3 heterocycles. The van der Waals surface area contributed by atoms with Crippen molar-refractivity contribution in [3.05, 3.63) is 66.1 Å². The van der Waals surface area contributed by atoms with E-state index in [9.17, 15) is 4.79 Å². The smallest absolute Gasteiger partial charge is 0.373 e. The summed E-state index contributed by atoms with van der Waals surface area (Å²) in [4.78, 5) is 11.7. The largest absolute Gasteiger partial charge is 0.463 e. The molecule has 0 radical (unpaired) electrons. The molecule has 0 fully saturated rings. The predicted molar refractivity (Wildman–Crippen MR) is 100 cm³/mol. The van der Waals surface area contributed by atoms with Gasteiger partial charge in [-0.3, -0.25) is 4.68 Å². The quantitative estimate of drug-likeness (QED) is 0.504. The summed E-state index contributed by atoms with van der Waals surface area (Å²) in [7, 11) is 1.31. The maximum absolute atomic E-state index is 11.7. The molecule has 7 nitrogen and oxygen atoms in total. The van der Waals surface area contributed by atoms with Crippen LogP contribution in [0.3, 0.4) is 0 Å². The van der Waals surface area contributed by atoms with Crippen LogP contribution in [-0.2, 0) is 11.3 Å². The van der Waals surface area contributed by atoms with Gasteiger partial charge >= 0.3 is 5.97 Å². The highest BCUT2D eigenvalue weighted by Gasteiger charge is 2.22. The first-order valence-corrected chi connectivity index (χ1v) is 8.74. The van der Waals surface area contributed by atoms with Crippen molar-refractivity contribution in [2.45, 2.75) is 6.54 Å². The first kappa shape index (κ1) is 16.4. The molecule has 0 amide bonds. The van der Waals surface area contributed by atoms with Crippen molar-refractivity contribution in [1.29, 1.82) is 0 Å². The number of furan rings is 1. The Kier molecular flexibility index (Phi) is 3.79. The van der Waals surface area contributed by atoms with Gasteiger partial charge in [0.05, 0.1) is 19.2 Å². The zero-order valence-corrected chi connectivity index (χ0v) is 15.0. The monoisotopic (exact) mass is 376 g/mol. The molecule has 2 aromatic carbocycles. The van der Waals surface area contributed by atoms with Crippen molar-refractivity contribution in [2.75, 3.05) is 13.9 Å². The molecule has 4 aromatic rings. The summed E-state index contributed by atoms with van der Waals surface area (Å²) in [6, 6.07) is 15.5. The summed E-state index contributed by atoms with van der Waals surface area (Å²) < 4.78 is 23.1. The van der Waals surface area contributed by atoms with Gasteiger partial charge in [0.25, 0.3) is 0 Å². The van der Waals surface area contributed by atoms with E-state index in [4.69, 9.17) is 23.7 Å². The van der Waals surface area contributed by atoms with Crippen molar-refractivity contribution >= 4 is 16.9 Å². The minimum absolute atomic E-state index is 0.129. The van der Waals surface area contributed by atoms with E-state index in [0.717, 1.165) is 16.5 Å². The van der Waals surface area contributed by atoms with Crippen LogP contribution in [0.25, 0.3) is 22.2 Å². The minimum atomic E-state index is -0.531. The zero-order chi connectivity index (χ0) is 19.1. The van der Waals surface area contributed by atoms with Crippen LogP contribution in [0.4, 0.5) is 0 Å². The van der Waals surface area contributed by atoms with E-state index < -0.39 is 5.97 Å². The van der Waals surface area contributed by atoms with Gasteiger partial charge in [-0.2, -0.15) is 5.10 Å². The summed E-state index contributed by atoms with van der Waals surface area (Å²) in [6.07, 6.45) is 1.51. The summed E-state index contributed by atoms with van der Waals surface area (Å²) in [5.74, 6) is 0.960. The van der Waals surface area contributed by atoms with Crippen LogP contribution in [0.1, 0.15) is 16.1 Å². The average Bonchev–Trinajstić information content (AvgIpc) is 3.45. The fourth-order valence-corrected chi connectivity index (χ4v) is 3.32. The second kappa shape index (κ2) is 6.45. The summed E-state index contributed by atoms with van der Waals surface area (Å²) in [5.41, 5.74) is 3.42. The highest BCUT2D eigenvalue weighted by Crippen LogP contribution is 2.40. The normalized spacial score (nSPS) is 12.5. The Morgan fingerprint density at radius 3 is 2.71 bits per heavy atom. The summed E-state index contributed by atoms with van der Waals surface area (Å²) in [5, 5.41) is 5.67. The molecular formula is C21H16N2O5. The molecule has 28 heavy (non-hydrogen) atoms. The number of benzene rings is 2. The number of hydrogen-bond donors (Lipinski definition) is 0. The van der Waals surface area contributed by atoms with Crippen molar-refractivity contribution < 1.29 is 23.4 Å². The van der Waals surface area contributed by atoms with Crippen LogP contribution >= 0.6 is 0 Å². The SMILES string of the molecule is COC(=O)c1cc(-c2nn(Cc3ccccc3)c3cc4c(cc23)OCO4)co1. The molecule has 0 unspecified atom stereocenters. The van der Waals surface area contributed by atoms with Gasteiger partial charge < -0.3 is 18.6 Å². The number of ether oxygens (including phenoxy) is 3. The Hall–Kier alpha value is -3.74. The first-order valence-electron chi connectivity index (χ1n) is 8.74. The van der Waals surface area contributed by atoms with E-state index in [1.54, 1.807) is 6.07 Å². The van der Waals surface area contributed by atoms with Gasteiger partial charge in [0.2, 0.25) is 12.6 Å². The number of nitrogens with zero attached hydrogens (tertiary/aromatic N) is 2. The topological polar surface area (TPSA) is 75.7 Å². The third-order valence-electron chi connectivity index (χ3n) is 4.68. The minimum Gasteiger partial charge on any atom is -0.463 e. The molecule has 0 saturated heterocycles. The Morgan fingerprint density at radius 1 is 1.14 bits per heavy atom. The molecule has 0 atom stereocenters. The van der Waals surface area contributed by atoms with Gasteiger partial charge in [-0.1, -0.05) is 30.3 Å². The molecule has 2 aromatic heterocycles. The van der Waals surface area contributed by atoms with Gasteiger partial charge in [0, 0.05) is 23.1 Å². The number of hydrogen-bond acceptors (Lipinski definition) is 6. The maximum Gasteiger partial charge on any atom is 0.373 e. The Balaban J connectivity index is 1.66. The lowest BCUT2D eigenvalue weighted by Gasteiger charge is -2.04. The van der Waals surface area contributed by atoms with E-state index in [2.05, 4.69) is 0 Å². The molecular weight excluding hydrogens is 360 g/mol. The lowest BCUT2D eigenvalue weighted by molar-refractivity contribution is 0.0565. The number of carbonyl (C=O) groups is 1. The van der Waals surface area contributed by atoms with Crippen LogP contribution in [-0.4, -0.2) is 29.7 Å². The van der Waals surface area contributed by atoms with Crippen LogP contribution < -0.4 is 9.47 Å². The second-order valence-electron chi connectivity index (χ2n) is 6.41. The molecule has 0 aliphatic carbocycles. The number of fused-ring (bicyclic) bond motifs is 2. The third-order valence-corrected chi connectivity index (χ3v) is 4.68. The number of aromatic nitrogens is 2. The summed E-state index contributed by atoms with van der Waals surface area (Å²) >= 11 is 0. The predicted octanol–water partition coefficient (Wildman–Crippen LogP) is 3.86. The van der Waals surface area contributed by atoms with Gasteiger partial charge in [-0.15, -0.1) is 0 Å². The lowest BCUT2D eigenvalue weighted by atomic mass is 10.1. The Labute approximate surface area is 160 Å².